The minimum atomic E-state index is -0.390. The van der Waals surface area contributed by atoms with E-state index in [9.17, 15) is 10.1 Å². The molecule has 8 heteroatoms. The lowest BCUT2D eigenvalue weighted by Gasteiger charge is -2.23. The molecule has 7 nitrogen and oxygen atoms in total. The van der Waals surface area contributed by atoms with Gasteiger partial charge >= 0.3 is 0 Å². The molecular weight excluding hydrogens is 470 g/mol. The maximum atomic E-state index is 11.4. The molecule has 1 aliphatic heterocycles. The second-order valence-electron chi connectivity index (χ2n) is 8.99. The van der Waals surface area contributed by atoms with Crippen molar-refractivity contribution in [1.29, 1.82) is 0 Å². The van der Waals surface area contributed by atoms with Gasteiger partial charge in [0.2, 0.25) is 4.80 Å². The topological polar surface area (TPSA) is 76.0 Å². The Morgan fingerprint density at radius 3 is 2.50 bits per heavy atom. The Morgan fingerprint density at radius 1 is 1.00 bits per heavy atom. The van der Waals surface area contributed by atoms with E-state index in [1.165, 1.54) is 28.7 Å². The Morgan fingerprint density at radius 2 is 1.75 bits per heavy atom. The van der Waals surface area contributed by atoms with Crippen LogP contribution in [0.5, 0.6) is 0 Å². The maximum Gasteiger partial charge on any atom is 0.270 e. The quantitative estimate of drug-likeness (QED) is 0.180. The lowest BCUT2D eigenvalue weighted by molar-refractivity contribution is -0.384. The molecule has 0 unspecified atom stereocenters. The predicted octanol–water partition coefficient (Wildman–Crippen LogP) is 6.50. The van der Waals surface area contributed by atoms with Crippen molar-refractivity contribution in [1.82, 2.24) is 4.68 Å². The van der Waals surface area contributed by atoms with Gasteiger partial charge in [0.1, 0.15) is 0 Å². The van der Waals surface area contributed by atoms with E-state index in [0.29, 0.717) is 10.4 Å². The van der Waals surface area contributed by atoms with Crippen molar-refractivity contribution in [3.8, 4) is 11.3 Å². The van der Waals surface area contributed by atoms with Crippen LogP contribution in [0.4, 0.5) is 17.1 Å². The summed E-state index contributed by atoms with van der Waals surface area (Å²) in [6, 6.07) is 24.6. The minimum absolute atomic E-state index is 0.0324. The number of hydrogen-bond donors (Lipinski definition) is 0. The van der Waals surface area contributed by atoms with Gasteiger partial charge in [-0.3, -0.25) is 10.1 Å². The van der Waals surface area contributed by atoms with E-state index in [4.69, 9.17) is 10.1 Å². The summed E-state index contributed by atoms with van der Waals surface area (Å²) in [5, 5.41) is 18.1. The summed E-state index contributed by atoms with van der Waals surface area (Å²) >= 11 is 1.43. The highest BCUT2D eigenvalue weighted by Gasteiger charge is 2.37. The average molecular weight is 496 g/mol. The number of rotatable bonds is 5. The summed E-state index contributed by atoms with van der Waals surface area (Å²) in [4.78, 5) is 18.6. The number of benzene rings is 3. The van der Waals surface area contributed by atoms with Crippen molar-refractivity contribution in [3.63, 3.8) is 0 Å². The fourth-order valence-electron chi connectivity index (χ4n) is 4.55. The van der Waals surface area contributed by atoms with Crippen molar-refractivity contribution < 1.29 is 4.92 Å². The highest BCUT2D eigenvalue weighted by Crippen LogP contribution is 2.46. The van der Waals surface area contributed by atoms with Gasteiger partial charge in [0, 0.05) is 53.1 Å². The Labute approximate surface area is 213 Å². The molecule has 0 bridgehead atoms. The molecule has 4 aromatic rings. The fourth-order valence-corrected chi connectivity index (χ4v) is 5.41. The van der Waals surface area contributed by atoms with Crippen molar-refractivity contribution in [2.75, 3.05) is 11.9 Å². The highest BCUT2D eigenvalue weighted by molar-refractivity contribution is 7.07. The molecule has 0 amide bonds. The second kappa shape index (κ2) is 9.39. The standard InChI is InChI=1S/C28H25N5O2S/c1-28(2)23-14-7-8-15-24(23)31(3)26(28)16-17-29-32-25(20-10-9-13-22(18-20)33(34)35)19-36-27(32)30-21-11-5-4-6-12-21/h4-19H,1-3H3. The number of anilines is 1. The van der Waals surface area contributed by atoms with Crippen LogP contribution in [0.15, 0.2) is 106 Å². The maximum absolute atomic E-state index is 11.4. The molecule has 0 aliphatic carbocycles. The molecule has 5 rings (SSSR count). The smallest absolute Gasteiger partial charge is 0.270 e. The molecule has 2 heterocycles. The van der Waals surface area contributed by atoms with E-state index < -0.39 is 4.92 Å². The molecule has 0 saturated carbocycles. The monoisotopic (exact) mass is 495 g/mol. The van der Waals surface area contributed by atoms with Gasteiger partial charge in [0.25, 0.3) is 5.69 Å². The molecular formula is C28H25N5O2S. The fraction of sp³-hybridized carbons (Fsp3) is 0.143. The van der Waals surface area contributed by atoms with Gasteiger partial charge in [-0.25, -0.2) is 9.67 Å². The van der Waals surface area contributed by atoms with Gasteiger partial charge < -0.3 is 4.90 Å². The highest BCUT2D eigenvalue weighted by atomic mass is 32.1. The van der Waals surface area contributed by atoms with E-state index in [1.807, 2.05) is 53.9 Å². The third-order valence-corrected chi connectivity index (χ3v) is 7.19. The Kier molecular flexibility index (Phi) is 6.12. The van der Waals surface area contributed by atoms with Crippen LogP contribution in [0.25, 0.3) is 11.3 Å². The number of nitro groups is 1. The van der Waals surface area contributed by atoms with Crippen LogP contribution in [-0.2, 0) is 5.41 Å². The van der Waals surface area contributed by atoms with Crippen molar-refractivity contribution in [2.45, 2.75) is 19.3 Å². The largest absolute Gasteiger partial charge is 0.347 e. The molecule has 0 saturated heterocycles. The number of allylic oxidation sites excluding steroid dienone is 2. The number of fused-ring (bicyclic) bond motifs is 1. The van der Waals surface area contributed by atoms with Crippen LogP contribution < -0.4 is 9.70 Å². The van der Waals surface area contributed by atoms with Crippen molar-refractivity contribution in [3.05, 3.63) is 116 Å². The first-order valence-electron chi connectivity index (χ1n) is 11.5. The van der Waals surface area contributed by atoms with Crippen LogP contribution in [0.1, 0.15) is 19.4 Å². The summed E-state index contributed by atoms with van der Waals surface area (Å²) in [6.07, 6.45) is 3.80. The first kappa shape index (κ1) is 23.4. The number of thiazole rings is 1. The Balaban J connectivity index is 1.60. The zero-order valence-corrected chi connectivity index (χ0v) is 21.0. The lowest BCUT2D eigenvalue weighted by Crippen LogP contribution is -2.23. The molecule has 1 aromatic heterocycles. The van der Waals surface area contributed by atoms with Crippen LogP contribution in [0, 0.1) is 10.1 Å². The SMILES string of the molecule is CN1C(=CC=Nn2c(-c3cccc([N+](=O)[O-])c3)csc2=Nc2ccccc2)C(C)(C)c2ccccc21. The normalized spacial score (nSPS) is 16.1. The molecule has 3 aromatic carbocycles. The number of nitro benzene ring substituents is 1. The first-order chi connectivity index (χ1) is 17.4. The van der Waals surface area contributed by atoms with E-state index in [1.54, 1.807) is 23.0 Å². The number of aromatic nitrogens is 1. The summed E-state index contributed by atoms with van der Waals surface area (Å²) in [5.41, 5.74) is 5.68. The van der Waals surface area contributed by atoms with Gasteiger partial charge in [-0.2, -0.15) is 5.10 Å². The van der Waals surface area contributed by atoms with Gasteiger partial charge in [0.05, 0.1) is 16.3 Å². The summed E-state index contributed by atoms with van der Waals surface area (Å²) in [6.45, 7) is 4.41. The van der Waals surface area contributed by atoms with Gasteiger partial charge in [-0.05, 0) is 29.8 Å². The van der Waals surface area contributed by atoms with Crippen LogP contribution >= 0.6 is 11.3 Å². The summed E-state index contributed by atoms with van der Waals surface area (Å²) < 4.78 is 1.74. The molecule has 0 fully saturated rings. The van der Waals surface area contributed by atoms with Crippen molar-refractivity contribution in [2.24, 2.45) is 10.1 Å². The molecule has 0 spiro atoms. The molecule has 180 valence electrons. The Hall–Kier alpha value is -4.30. The van der Waals surface area contributed by atoms with E-state index in [0.717, 1.165) is 17.1 Å². The number of nitrogens with zero attached hydrogens (tertiary/aromatic N) is 5. The summed E-state index contributed by atoms with van der Waals surface area (Å²) in [7, 11) is 2.07. The molecule has 0 atom stereocenters. The zero-order valence-electron chi connectivity index (χ0n) is 20.2. The Bertz CT molecular complexity index is 1560. The first-order valence-corrected chi connectivity index (χ1v) is 12.4. The molecule has 36 heavy (non-hydrogen) atoms. The van der Waals surface area contributed by atoms with Gasteiger partial charge in [-0.15, -0.1) is 11.3 Å². The van der Waals surface area contributed by atoms with E-state index >= 15 is 0 Å². The molecule has 0 N–H and O–H groups in total. The molecule has 1 aliphatic rings. The van der Waals surface area contributed by atoms with Gasteiger partial charge in [0.15, 0.2) is 0 Å². The van der Waals surface area contributed by atoms with E-state index in [2.05, 4.69) is 44.0 Å². The van der Waals surface area contributed by atoms with Crippen molar-refractivity contribution >= 4 is 34.6 Å². The number of hydrogen-bond acceptors (Lipinski definition) is 6. The number of para-hydroxylation sites is 2. The molecule has 0 radical (unpaired) electrons. The van der Waals surface area contributed by atoms with Crippen LogP contribution in [0.3, 0.4) is 0 Å². The second-order valence-corrected chi connectivity index (χ2v) is 9.82. The third-order valence-electron chi connectivity index (χ3n) is 6.37. The minimum Gasteiger partial charge on any atom is -0.347 e. The van der Waals surface area contributed by atoms with Crippen LogP contribution in [0.2, 0.25) is 0 Å². The summed E-state index contributed by atoms with van der Waals surface area (Å²) in [5.74, 6) is 0. The third kappa shape index (κ3) is 4.27. The number of non-ortho nitro benzene ring substituents is 1. The van der Waals surface area contributed by atoms with E-state index in [-0.39, 0.29) is 11.1 Å². The zero-order chi connectivity index (χ0) is 25.3. The average Bonchev–Trinajstić information content (AvgIpc) is 3.36. The number of likely N-dealkylation sites (N-methyl/N-ethyl adjacent to an activating group) is 1. The predicted molar refractivity (Wildman–Crippen MR) is 146 cm³/mol. The van der Waals surface area contributed by atoms with Crippen LogP contribution in [-0.4, -0.2) is 22.9 Å². The van der Waals surface area contributed by atoms with Gasteiger partial charge in [-0.1, -0.05) is 62.4 Å². The lowest BCUT2D eigenvalue weighted by atomic mass is 9.84.